The number of methoxy groups -OCH3 is 1. The predicted molar refractivity (Wildman–Crippen MR) is 78.6 cm³/mol. The van der Waals surface area contributed by atoms with Gasteiger partial charge in [-0.25, -0.2) is 9.59 Å². The van der Waals surface area contributed by atoms with Crippen LogP contribution in [0.3, 0.4) is 0 Å². The van der Waals surface area contributed by atoms with Crippen molar-refractivity contribution in [3.8, 4) is 0 Å². The fourth-order valence-corrected chi connectivity index (χ4v) is 1.80. The van der Waals surface area contributed by atoms with Gasteiger partial charge >= 0.3 is 12.0 Å². The minimum absolute atomic E-state index is 0.0461. The Hall–Kier alpha value is -2.04. The number of rotatable bonds is 5. The monoisotopic (exact) mass is 278 g/mol. The fraction of sp³-hybridized carbons (Fsp3) is 0.467. The first-order valence-corrected chi connectivity index (χ1v) is 6.72. The molecule has 2 N–H and O–H groups in total. The van der Waals surface area contributed by atoms with Crippen LogP contribution in [-0.4, -0.2) is 25.2 Å². The fourth-order valence-electron chi connectivity index (χ4n) is 1.80. The molecule has 1 unspecified atom stereocenters. The minimum Gasteiger partial charge on any atom is -0.467 e. The maximum absolute atomic E-state index is 11.9. The van der Waals surface area contributed by atoms with Gasteiger partial charge in [-0.1, -0.05) is 32.9 Å². The molecule has 0 bridgehead atoms. The van der Waals surface area contributed by atoms with Crippen LogP contribution in [0.4, 0.5) is 10.5 Å². The number of nitrogens with one attached hydrogen (secondary N) is 2. The lowest BCUT2D eigenvalue weighted by molar-refractivity contribution is -0.143. The lowest BCUT2D eigenvalue weighted by Gasteiger charge is -2.20. The van der Waals surface area contributed by atoms with E-state index in [2.05, 4.69) is 15.4 Å². The predicted octanol–water partition coefficient (Wildman–Crippen LogP) is 2.57. The molecule has 1 aromatic carbocycles. The van der Waals surface area contributed by atoms with E-state index < -0.39 is 18.0 Å². The van der Waals surface area contributed by atoms with Gasteiger partial charge in [0.1, 0.15) is 6.04 Å². The second-order valence-electron chi connectivity index (χ2n) is 4.90. The molecule has 5 heteroatoms. The van der Waals surface area contributed by atoms with Gasteiger partial charge < -0.3 is 15.4 Å². The number of carbonyl (C=O) groups excluding carboxylic acids is 2. The molecule has 0 fully saturated rings. The van der Waals surface area contributed by atoms with Crippen molar-refractivity contribution in [3.05, 3.63) is 29.8 Å². The molecular weight excluding hydrogens is 256 g/mol. The number of hydrogen-bond acceptors (Lipinski definition) is 3. The molecule has 2 amide bonds. The number of aryl methyl sites for hydroxylation is 1. The van der Waals surface area contributed by atoms with E-state index in [1.165, 1.54) is 7.11 Å². The highest BCUT2D eigenvalue weighted by Gasteiger charge is 2.24. The number of hydrogen-bond donors (Lipinski definition) is 2. The van der Waals surface area contributed by atoms with E-state index in [9.17, 15) is 9.59 Å². The Morgan fingerprint density at radius 3 is 2.55 bits per heavy atom. The highest BCUT2D eigenvalue weighted by Crippen LogP contribution is 2.11. The van der Waals surface area contributed by atoms with Crippen LogP contribution in [0, 0.1) is 5.92 Å². The number of carbonyl (C=O) groups is 2. The summed E-state index contributed by atoms with van der Waals surface area (Å²) in [5.41, 5.74) is 1.84. The summed E-state index contributed by atoms with van der Waals surface area (Å²) < 4.78 is 4.68. The van der Waals surface area contributed by atoms with Crippen molar-refractivity contribution in [2.75, 3.05) is 12.4 Å². The molecule has 5 nitrogen and oxygen atoms in total. The molecule has 0 saturated carbocycles. The van der Waals surface area contributed by atoms with Crippen molar-refractivity contribution < 1.29 is 14.3 Å². The minimum atomic E-state index is -0.658. The molecule has 0 aromatic heterocycles. The number of esters is 1. The Balaban J connectivity index is 2.68. The Labute approximate surface area is 119 Å². The van der Waals surface area contributed by atoms with E-state index in [1.54, 1.807) is 6.07 Å². The zero-order chi connectivity index (χ0) is 15.1. The summed E-state index contributed by atoms with van der Waals surface area (Å²) in [6.45, 7) is 5.74. The van der Waals surface area contributed by atoms with E-state index in [0.29, 0.717) is 5.69 Å². The Morgan fingerprint density at radius 2 is 2.00 bits per heavy atom. The third kappa shape index (κ3) is 4.57. The summed E-state index contributed by atoms with van der Waals surface area (Å²) in [6, 6.07) is 6.52. The summed E-state index contributed by atoms with van der Waals surface area (Å²) in [7, 11) is 1.31. The SMILES string of the molecule is CCc1cccc(NC(=O)NC(C(=O)OC)C(C)C)c1. The van der Waals surface area contributed by atoms with Crippen LogP contribution in [0.15, 0.2) is 24.3 Å². The standard InChI is InChI=1S/C15H22N2O3/c1-5-11-7-6-8-12(9-11)16-15(19)17-13(10(2)3)14(18)20-4/h6-10,13H,5H2,1-4H3,(H2,16,17,19). The van der Waals surface area contributed by atoms with Gasteiger partial charge in [-0.05, 0) is 30.0 Å². The van der Waals surface area contributed by atoms with E-state index in [0.717, 1.165) is 12.0 Å². The molecule has 1 atom stereocenters. The van der Waals surface area contributed by atoms with Gasteiger partial charge in [0.2, 0.25) is 0 Å². The van der Waals surface area contributed by atoms with Crippen LogP contribution < -0.4 is 10.6 Å². The largest absolute Gasteiger partial charge is 0.467 e. The molecule has 0 aliphatic rings. The number of ether oxygens (including phenoxy) is 1. The average Bonchev–Trinajstić information content (AvgIpc) is 2.43. The topological polar surface area (TPSA) is 67.4 Å². The summed E-state index contributed by atoms with van der Waals surface area (Å²) in [5, 5.41) is 5.35. The van der Waals surface area contributed by atoms with Crippen LogP contribution in [0.25, 0.3) is 0 Å². The lowest BCUT2D eigenvalue weighted by atomic mass is 10.1. The van der Waals surface area contributed by atoms with Crippen LogP contribution in [-0.2, 0) is 16.0 Å². The van der Waals surface area contributed by atoms with Crippen LogP contribution in [0.5, 0.6) is 0 Å². The van der Waals surface area contributed by atoms with Gasteiger partial charge in [-0.2, -0.15) is 0 Å². The zero-order valence-electron chi connectivity index (χ0n) is 12.4. The molecule has 110 valence electrons. The Kier molecular flexibility index (Phi) is 6.03. The van der Waals surface area contributed by atoms with Crippen LogP contribution in [0.2, 0.25) is 0 Å². The molecule has 0 aliphatic heterocycles. The Morgan fingerprint density at radius 1 is 1.30 bits per heavy atom. The molecule has 20 heavy (non-hydrogen) atoms. The molecule has 0 spiro atoms. The van der Waals surface area contributed by atoms with Gasteiger partial charge in [-0.15, -0.1) is 0 Å². The van der Waals surface area contributed by atoms with Gasteiger partial charge in [0.05, 0.1) is 7.11 Å². The summed E-state index contributed by atoms with van der Waals surface area (Å²) in [4.78, 5) is 23.5. The normalized spacial score (nSPS) is 11.8. The third-order valence-electron chi connectivity index (χ3n) is 3.00. The van der Waals surface area contributed by atoms with Gasteiger partial charge in [0.25, 0.3) is 0 Å². The zero-order valence-corrected chi connectivity index (χ0v) is 12.4. The van der Waals surface area contributed by atoms with Crippen LogP contribution in [0.1, 0.15) is 26.3 Å². The second-order valence-corrected chi connectivity index (χ2v) is 4.90. The molecule has 1 rings (SSSR count). The number of anilines is 1. The first-order valence-electron chi connectivity index (χ1n) is 6.72. The van der Waals surface area contributed by atoms with Crippen molar-refractivity contribution in [1.29, 1.82) is 0 Å². The summed E-state index contributed by atoms with van der Waals surface area (Å²) in [5.74, 6) is -0.493. The van der Waals surface area contributed by atoms with Crippen molar-refractivity contribution in [2.45, 2.75) is 33.2 Å². The molecule has 0 heterocycles. The van der Waals surface area contributed by atoms with E-state index >= 15 is 0 Å². The highest BCUT2D eigenvalue weighted by atomic mass is 16.5. The second kappa shape index (κ2) is 7.53. The molecule has 0 aliphatic carbocycles. The molecule has 0 saturated heterocycles. The molecular formula is C15H22N2O3. The van der Waals surface area contributed by atoms with Crippen molar-refractivity contribution in [1.82, 2.24) is 5.32 Å². The van der Waals surface area contributed by atoms with E-state index in [1.807, 2.05) is 39.0 Å². The van der Waals surface area contributed by atoms with E-state index in [-0.39, 0.29) is 5.92 Å². The van der Waals surface area contributed by atoms with Gasteiger partial charge in [-0.3, -0.25) is 0 Å². The molecule has 1 aromatic rings. The first kappa shape index (κ1) is 16.0. The number of benzene rings is 1. The third-order valence-corrected chi connectivity index (χ3v) is 3.00. The maximum atomic E-state index is 11.9. The van der Waals surface area contributed by atoms with Gasteiger partial charge in [0.15, 0.2) is 0 Å². The maximum Gasteiger partial charge on any atom is 0.328 e. The summed E-state index contributed by atoms with van der Waals surface area (Å²) in [6.07, 6.45) is 0.897. The molecule has 0 radical (unpaired) electrons. The van der Waals surface area contributed by atoms with E-state index in [4.69, 9.17) is 0 Å². The smallest absolute Gasteiger partial charge is 0.328 e. The van der Waals surface area contributed by atoms with Crippen molar-refractivity contribution in [2.24, 2.45) is 5.92 Å². The Bertz CT molecular complexity index is 472. The first-order chi connectivity index (χ1) is 9.47. The lowest BCUT2D eigenvalue weighted by Crippen LogP contribution is -2.46. The number of urea groups is 1. The van der Waals surface area contributed by atoms with Crippen molar-refractivity contribution >= 4 is 17.7 Å². The van der Waals surface area contributed by atoms with Crippen molar-refractivity contribution in [3.63, 3.8) is 0 Å². The number of amides is 2. The van der Waals surface area contributed by atoms with Gasteiger partial charge in [0, 0.05) is 5.69 Å². The quantitative estimate of drug-likeness (QED) is 0.813. The highest BCUT2D eigenvalue weighted by molar-refractivity contribution is 5.92. The average molecular weight is 278 g/mol. The summed E-state index contributed by atoms with van der Waals surface area (Å²) >= 11 is 0. The van der Waals surface area contributed by atoms with Crippen LogP contribution >= 0.6 is 0 Å².